The monoisotopic (exact) mass is 329 g/mol. The summed E-state index contributed by atoms with van der Waals surface area (Å²) in [4.78, 5) is 0. The Morgan fingerprint density at radius 3 is 2.83 bits per heavy atom. The molecule has 0 aliphatic heterocycles. The van der Waals surface area contributed by atoms with Gasteiger partial charge in [-0.3, -0.25) is 0 Å². The number of rotatable bonds is 6. The fraction of sp³-hybridized carbons (Fsp3) is 0.600. The van der Waals surface area contributed by atoms with E-state index in [0.29, 0.717) is 6.04 Å². The molecule has 1 fully saturated rings. The van der Waals surface area contributed by atoms with Crippen LogP contribution in [-0.4, -0.2) is 6.54 Å². The van der Waals surface area contributed by atoms with Gasteiger partial charge < -0.3 is 5.32 Å². The minimum atomic E-state index is 0.434. The summed E-state index contributed by atoms with van der Waals surface area (Å²) in [7, 11) is 0. The quantitative estimate of drug-likeness (QED) is 0.743. The summed E-state index contributed by atoms with van der Waals surface area (Å²) >= 11 is 9.78. The van der Waals surface area contributed by atoms with Crippen molar-refractivity contribution < 1.29 is 0 Å². The van der Waals surface area contributed by atoms with Gasteiger partial charge in [0.15, 0.2) is 0 Å². The van der Waals surface area contributed by atoms with Crippen molar-refractivity contribution in [3.63, 3.8) is 0 Å². The highest BCUT2D eigenvalue weighted by Crippen LogP contribution is 2.37. The highest BCUT2D eigenvalue weighted by Gasteiger charge is 2.24. The number of nitrogens with one attached hydrogen (secondary N) is 1. The molecule has 1 N–H and O–H groups in total. The summed E-state index contributed by atoms with van der Waals surface area (Å²) in [6.45, 7) is 3.27. The molecule has 2 rings (SSSR count). The lowest BCUT2D eigenvalue weighted by atomic mass is 9.79. The van der Waals surface area contributed by atoms with Crippen LogP contribution in [0.5, 0.6) is 0 Å². The maximum absolute atomic E-state index is 6.13. The normalized spacial score (nSPS) is 17.5. The van der Waals surface area contributed by atoms with Gasteiger partial charge in [0.2, 0.25) is 0 Å². The predicted octanol–water partition coefficient (Wildman–Crippen LogP) is 5.33. The molecule has 0 spiro atoms. The molecule has 1 aromatic rings. The van der Waals surface area contributed by atoms with Gasteiger partial charge >= 0.3 is 0 Å². The van der Waals surface area contributed by atoms with Gasteiger partial charge in [-0.15, -0.1) is 0 Å². The van der Waals surface area contributed by atoms with Crippen molar-refractivity contribution in [3.8, 4) is 0 Å². The third-order valence-corrected chi connectivity index (χ3v) is 4.73. The van der Waals surface area contributed by atoms with Crippen molar-refractivity contribution in [1.82, 2.24) is 5.32 Å². The summed E-state index contributed by atoms with van der Waals surface area (Å²) in [5.74, 6) is 0.894. The second-order valence-corrected chi connectivity index (χ2v) is 6.50. The fourth-order valence-corrected chi connectivity index (χ4v) is 3.19. The van der Waals surface area contributed by atoms with Gasteiger partial charge in [0.25, 0.3) is 0 Å². The van der Waals surface area contributed by atoms with Crippen LogP contribution in [0.15, 0.2) is 22.7 Å². The fourth-order valence-electron chi connectivity index (χ4n) is 2.48. The SMILES string of the molecule is CCCNC(CC1CCC1)c1cc(Cl)ccc1Br. The Hall–Kier alpha value is -0.0500. The van der Waals surface area contributed by atoms with Crippen LogP contribution in [0, 0.1) is 5.92 Å². The first-order valence-corrected chi connectivity index (χ1v) is 8.06. The molecule has 100 valence electrons. The summed E-state index contributed by atoms with van der Waals surface area (Å²) in [5.41, 5.74) is 1.31. The molecule has 3 heteroatoms. The van der Waals surface area contributed by atoms with Crippen molar-refractivity contribution in [2.75, 3.05) is 6.54 Å². The van der Waals surface area contributed by atoms with Crippen molar-refractivity contribution in [2.45, 2.75) is 45.1 Å². The average Bonchev–Trinajstić information content (AvgIpc) is 2.31. The van der Waals surface area contributed by atoms with E-state index in [1.54, 1.807) is 0 Å². The summed E-state index contributed by atoms with van der Waals surface area (Å²) in [6.07, 6.45) is 6.59. The Balaban J connectivity index is 2.11. The van der Waals surface area contributed by atoms with E-state index in [-0.39, 0.29) is 0 Å². The van der Waals surface area contributed by atoms with Gasteiger partial charge in [0, 0.05) is 15.5 Å². The molecule has 18 heavy (non-hydrogen) atoms. The first-order chi connectivity index (χ1) is 8.70. The van der Waals surface area contributed by atoms with Crippen molar-refractivity contribution in [3.05, 3.63) is 33.3 Å². The molecule has 1 aliphatic rings. The van der Waals surface area contributed by atoms with E-state index >= 15 is 0 Å². The maximum atomic E-state index is 6.13. The lowest BCUT2D eigenvalue weighted by Crippen LogP contribution is -2.27. The number of halogens is 2. The van der Waals surface area contributed by atoms with E-state index in [9.17, 15) is 0 Å². The molecular formula is C15H21BrClN. The van der Waals surface area contributed by atoms with Gasteiger partial charge in [0.1, 0.15) is 0 Å². The largest absolute Gasteiger partial charge is 0.310 e. The third-order valence-electron chi connectivity index (χ3n) is 3.77. The highest BCUT2D eigenvalue weighted by atomic mass is 79.9. The van der Waals surface area contributed by atoms with Gasteiger partial charge in [-0.05, 0) is 49.1 Å². The number of hydrogen-bond donors (Lipinski definition) is 1. The predicted molar refractivity (Wildman–Crippen MR) is 82.1 cm³/mol. The zero-order chi connectivity index (χ0) is 13.0. The molecule has 0 radical (unpaired) electrons. The van der Waals surface area contributed by atoms with Crippen LogP contribution in [0.4, 0.5) is 0 Å². The maximum Gasteiger partial charge on any atom is 0.0410 e. The molecule has 1 unspecified atom stereocenters. The van der Waals surface area contributed by atoms with Crippen LogP contribution < -0.4 is 5.32 Å². The number of benzene rings is 1. The summed E-state index contributed by atoms with van der Waals surface area (Å²) in [6, 6.07) is 6.52. The smallest absolute Gasteiger partial charge is 0.0410 e. The minimum absolute atomic E-state index is 0.434. The molecule has 0 heterocycles. The Morgan fingerprint density at radius 1 is 1.44 bits per heavy atom. The highest BCUT2D eigenvalue weighted by molar-refractivity contribution is 9.10. The van der Waals surface area contributed by atoms with Gasteiger partial charge in [-0.25, -0.2) is 0 Å². The number of hydrogen-bond acceptors (Lipinski definition) is 1. The van der Waals surface area contributed by atoms with Crippen LogP contribution in [0.3, 0.4) is 0 Å². The van der Waals surface area contributed by atoms with Gasteiger partial charge in [-0.2, -0.15) is 0 Å². The molecule has 0 bridgehead atoms. The Kier molecular flexibility index (Phi) is 5.53. The molecule has 1 aromatic carbocycles. The molecule has 0 amide bonds. The van der Waals surface area contributed by atoms with Gasteiger partial charge in [-0.1, -0.05) is 53.7 Å². The van der Waals surface area contributed by atoms with E-state index in [1.807, 2.05) is 6.07 Å². The Bertz CT molecular complexity index is 390. The van der Waals surface area contributed by atoms with Crippen LogP contribution in [0.1, 0.15) is 50.6 Å². The third kappa shape index (κ3) is 3.72. The molecule has 1 atom stereocenters. The van der Waals surface area contributed by atoms with Crippen LogP contribution >= 0.6 is 27.5 Å². The Labute approximate surface area is 123 Å². The van der Waals surface area contributed by atoms with E-state index in [4.69, 9.17) is 11.6 Å². The molecular weight excluding hydrogens is 310 g/mol. The van der Waals surface area contributed by atoms with Crippen molar-refractivity contribution >= 4 is 27.5 Å². The summed E-state index contributed by atoms with van der Waals surface area (Å²) < 4.78 is 1.17. The molecule has 1 aliphatic carbocycles. The standard InChI is InChI=1S/C15H21BrClN/c1-2-8-18-15(9-11-4-3-5-11)13-10-12(17)6-7-14(13)16/h6-7,10-11,15,18H,2-5,8-9H2,1H3. The zero-order valence-corrected chi connectivity index (χ0v) is 13.2. The molecule has 0 saturated heterocycles. The van der Waals surface area contributed by atoms with E-state index in [1.165, 1.54) is 42.1 Å². The van der Waals surface area contributed by atoms with E-state index in [0.717, 1.165) is 17.5 Å². The van der Waals surface area contributed by atoms with E-state index < -0.39 is 0 Å². The lowest BCUT2D eigenvalue weighted by Gasteiger charge is -2.31. The molecule has 0 aromatic heterocycles. The Morgan fingerprint density at radius 2 is 2.22 bits per heavy atom. The first kappa shape index (κ1) is 14.4. The van der Waals surface area contributed by atoms with E-state index in [2.05, 4.69) is 40.3 Å². The second-order valence-electron chi connectivity index (χ2n) is 5.21. The zero-order valence-electron chi connectivity index (χ0n) is 10.9. The first-order valence-electron chi connectivity index (χ1n) is 6.89. The van der Waals surface area contributed by atoms with Crippen LogP contribution in [-0.2, 0) is 0 Å². The van der Waals surface area contributed by atoms with Crippen molar-refractivity contribution in [2.24, 2.45) is 5.92 Å². The summed E-state index contributed by atoms with van der Waals surface area (Å²) in [5, 5.41) is 4.49. The van der Waals surface area contributed by atoms with Gasteiger partial charge in [0.05, 0.1) is 0 Å². The van der Waals surface area contributed by atoms with Crippen LogP contribution in [0.25, 0.3) is 0 Å². The minimum Gasteiger partial charge on any atom is -0.310 e. The lowest BCUT2D eigenvalue weighted by molar-refractivity contribution is 0.261. The van der Waals surface area contributed by atoms with Crippen molar-refractivity contribution in [1.29, 1.82) is 0 Å². The molecule has 1 saturated carbocycles. The second kappa shape index (κ2) is 6.93. The average molecular weight is 331 g/mol. The topological polar surface area (TPSA) is 12.0 Å². The van der Waals surface area contributed by atoms with Crippen LogP contribution in [0.2, 0.25) is 5.02 Å². The molecule has 1 nitrogen and oxygen atoms in total.